The molecule has 10 heteroatoms. The van der Waals surface area contributed by atoms with Gasteiger partial charge in [-0.2, -0.15) is 26.3 Å². The number of alkyl halides is 6. The van der Waals surface area contributed by atoms with Crippen molar-refractivity contribution in [1.29, 1.82) is 0 Å². The van der Waals surface area contributed by atoms with E-state index >= 15 is 0 Å². The number of halogens is 6. The molecule has 1 fully saturated rings. The second kappa shape index (κ2) is 7.83. The third-order valence-electron chi connectivity index (χ3n) is 5.78. The molecule has 170 valence electrons. The van der Waals surface area contributed by atoms with Gasteiger partial charge in [0, 0.05) is 43.5 Å². The smallest absolute Gasteiger partial charge is 0.388 e. The largest absolute Gasteiger partial charge is 0.416 e. The zero-order valence-corrected chi connectivity index (χ0v) is 16.6. The van der Waals surface area contributed by atoms with Crippen LogP contribution in [-0.2, 0) is 17.2 Å². The third-order valence-corrected chi connectivity index (χ3v) is 5.78. The number of carbonyl (C=O) groups excluding carboxylic acids is 1. The fraction of sp³-hybridized carbons (Fsp3) is 0.364. The SMILES string of the molecule is O=C(c1ccc(C(F)(F)F)cc1)N1CCC2(CC1)CC(c1cccc(C(F)(F)F)c1)=NO2. The number of hydrogen-bond donors (Lipinski definition) is 0. The Bertz CT molecular complexity index is 1040. The highest BCUT2D eigenvalue weighted by Crippen LogP contribution is 2.38. The van der Waals surface area contributed by atoms with Crippen LogP contribution in [0.1, 0.15) is 46.3 Å². The zero-order valence-electron chi connectivity index (χ0n) is 16.6. The Morgan fingerprint density at radius 1 is 0.906 bits per heavy atom. The van der Waals surface area contributed by atoms with E-state index in [0.717, 1.165) is 36.4 Å². The van der Waals surface area contributed by atoms with Crippen LogP contribution in [0.3, 0.4) is 0 Å². The summed E-state index contributed by atoms with van der Waals surface area (Å²) in [6, 6.07) is 8.91. The predicted octanol–water partition coefficient (Wildman–Crippen LogP) is 5.52. The quantitative estimate of drug-likeness (QED) is 0.559. The molecule has 4 nitrogen and oxygen atoms in total. The Labute approximate surface area is 179 Å². The number of benzene rings is 2. The van der Waals surface area contributed by atoms with Crippen LogP contribution in [0.15, 0.2) is 53.7 Å². The first-order valence-corrected chi connectivity index (χ1v) is 9.86. The van der Waals surface area contributed by atoms with Crippen molar-refractivity contribution in [3.63, 3.8) is 0 Å². The maximum absolute atomic E-state index is 13.0. The lowest BCUT2D eigenvalue weighted by Crippen LogP contribution is -2.46. The van der Waals surface area contributed by atoms with Crippen LogP contribution in [0.25, 0.3) is 0 Å². The van der Waals surface area contributed by atoms with Crippen LogP contribution in [0, 0.1) is 0 Å². The van der Waals surface area contributed by atoms with Gasteiger partial charge in [0.2, 0.25) is 0 Å². The molecule has 0 radical (unpaired) electrons. The maximum Gasteiger partial charge on any atom is 0.416 e. The van der Waals surface area contributed by atoms with Crippen LogP contribution in [0.5, 0.6) is 0 Å². The van der Waals surface area contributed by atoms with Crippen LogP contribution in [-0.4, -0.2) is 35.2 Å². The van der Waals surface area contributed by atoms with E-state index in [9.17, 15) is 31.1 Å². The summed E-state index contributed by atoms with van der Waals surface area (Å²) in [4.78, 5) is 19.8. The molecular formula is C22H18F6N2O2. The highest BCUT2D eigenvalue weighted by molar-refractivity contribution is 6.02. The molecule has 1 saturated heterocycles. The number of likely N-dealkylation sites (tertiary alicyclic amines) is 1. The molecule has 1 amide bonds. The molecule has 0 bridgehead atoms. The lowest BCUT2D eigenvalue weighted by atomic mass is 9.85. The minimum Gasteiger partial charge on any atom is -0.388 e. The molecule has 2 heterocycles. The Kier molecular flexibility index (Phi) is 5.42. The molecule has 0 saturated carbocycles. The van der Waals surface area contributed by atoms with Crippen LogP contribution in [0.4, 0.5) is 26.3 Å². The van der Waals surface area contributed by atoms with Crippen molar-refractivity contribution >= 4 is 11.6 Å². The summed E-state index contributed by atoms with van der Waals surface area (Å²) in [5.41, 5.74) is -1.40. The molecule has 0 aromatic heterocycles. The van der Waals surface area contributed by atoms with E-state index in [-0.39, 0.29) is 11.5 Å². The molecule has 0 atom stereocenters. The van der Waals surface area contributed by atoms with Gasteiger partial charge in [0.1, 0.15) is 5.60 Å². The van der Waals surface area contributed by atoms with Gasteiger partial charge in [-0.1, -0.05) is 17.3 Å². The van der Waals surface area contributed by atoms with Crippen LogP contribution < -0.4 is 0 Å². The van der Waals surface area contributed by atoms with Gasteiger partial charge in [0.15, 0.2) is 0 Å². The number of nitrogens with zero attached hydrogens (tertiary/aromatic N) is 2. The number of hydrogen-bond acceptors (Lipinski definition) is 3. The second-order valence-electron chi connectivity index (χ2n) is 7.93. The molecule has 32 heavy (non-hydrogen) atoms. The maximum atomic E-state index is 13.0. The van der Waals surface area contributed by atoms with Crippen molar-refractivity contribution in [2.24, 2.45) is 5.16 Å². The Hall–Kier alpha value is -3.04. The van der Waals surface area contributed by atoms with Gasteiger partial charge in [0.05, 0.1) is 16.8 Å². The predicted molar refractivity (Wildman–Crippen MR) is 103 cm³/mol. The molecule has 0 aliphatic carbocycles. The fourth-order valence-electron chi connectivity index (χ4n) is 3.92. The number of piperidine rings is 1. The van der Waals surface area contributed by atoms with E-state index < -0.39 is 29.1 Å². The first-order valence-electron chi connectivity index (χ1n) is 9.86. The molecule has 0 unspecified atom stereocenters. The first kappa shape index (κ1) is 22.2. The van der Waals surface area contributed by atoms with Gasteiger partial charge in [-0.3, -0.25) is 4.79 Å². The summed E-state index contributed by atoms with van der Waals surface area (Å²) >= 11 is 0. The van der Waals surface area contributed by atoms with Gasteiger partial charge < -0.3 is 9.74 Å². The summed E-state index contributed by atoms with van der Waals surface area (Å²) in [5, 5.41) is 4.01. The van der Waals surface area contributed by atoms with Crippen molar-refractivity contribution in [3.8, 4) is 0 Å². The van der Waals surface area contributed by atoms with Crippen molar-refractivity contribution in [2.75, 3.05) is 13.1 Å². The average Bonchev–Trinajstić information content (AvgIpc) is 3.16. The number of oxime groups is 1. The van der Waals surface area contributed by atoms with Gasteiger partial charge >= 0.3 is 12.4 Å². The molecule has 2 aliphatic rings. The first-order chi connectivity index (χ1) is 15.0. The lowest BCUT2D eigenvalue weighted by molar-refractivity contribution is -0.138. The summed E-state index contributed by atoms with van der Waals surface area (Å²) in [6.45, 7) is 0.594. The normalized spacial score (nSPS) is 18.4. The molecule has 1 spiro atoms. The van der Waals surface area contributed by atoms with E-state index in [1.165, 1.54) is 11.0 Å². The summed E-state index contributed by atoms with van der Waals surface area (Å²) in [7, 11) is 0. The van der Waals surface area contributed by atoms with E-state index in [1.54, 1.807) is 6.07 Å². The minimum atomic E-state index is -4.48. The summed E-state index contributed by atoms with van der Waals surface area (Å²) < 4.78 is 77.0. The highest BCUT2D eigenvalue weighted by Gasteiger charge is 2.43. The fourth-order valence-corrected chi connectivity index (χ4v) is 3.92. The number of carbonyl (C=O) groups is 1. The molecule has 2 aliphatic heterocycles. The number of rotatable bonds is 2. The molecular weight excluding hydrogens is 438 g/mol. The Balaban J connectivity index is 1.39. The van der Waals surface area contributed by atoms with Gasteiger partial charge in [-0.05, 0) is 36.4 Å². The lowest BCUT2D eigenvalue weighted by Gasteiger charge is -2.37. The zero-order chi connectivity index (χ0) is 23.1. The van der Waals surface area contributed by atoms with Crippen LogP contribution >= 0.6 is 0 Å². The number of amides is 1. The minimum absolute atomic E-state index is 0.155. The molecule has 2 aromatic rings. The van der Waals surface area contributed by atoms with Crippen molar-refractivity contribution < 1.29 is 36.0 Å². The average molecular weight is 456 g/mol. The third kappa shape index (κ3) is 4.44. The van der Waals surface area contributed by atoms with E-state index in [2.05, 4.69) is 5.16 Å². The van der Waals surface area contributed by atoms with Crippen molar-refractivity contribution in [3.05, 3.63) is 70.8 Å². The van der Waals surface area contributed by atoms with Gasteiger partial charge in [-0.15, -0.1) is 0 Å². The van der Waals surface area contributed by atoms with E-state index in [0.29, 0.717) is 43.6 Å². The second-order valence-corrected chi connectivity index (χ2v) is 7.93. The van der Waals surface area contributed by atoms with Crippen molar-refractivity contribution in [1.82, 2.24) is 4.90 Å². The standard InChI is InChI=1S/C22H18F6N2O2/c23-21(24,25)16-6-4-14(5-7-16)19(31)30-10-8-20(9-11-30)13-18(29-32-20)15-2-1-3-17(12-15)22(26,27)28/h1-7,12H,8-11,13H2. The molecule has 0 N–H and O–H groups in total. The monoisotopic (exact) mass is 456 g/mol. The summed E-state index contributed by atoms with van der Waals surface area (Å²) in [5.74, 6) is -0.384. The molecule has 2 aromatic carbocycles. The van der Waals surface area contributed by atoms with E-state index in [1.807, 2.05) is 0 Å². The van der Waals surface area contributed by atoms with Gasteiger partial charge in [0.25, 0.3) is 5.91 Å². The van der Waals surface area contributed by atoms with Crippen LogP contribution in [0.2, 0.25) is 0 Å². The van der Waals surface area contributed by atoms with E-state index in [4.69, 9.17) is 4.84 Å². The van der Waals surface area contributed by atoms with Gasteiger partial charge in [-0.25, -0.2) is 0 Å². The topological polar surface area (TPSA) is 41.9 Å². The highest BCUT2D eigenvalue weighted by atomic mass is 19.4. The Morgan fingerprint density at radius 2 is 1.53 bits per heavy atom. The van der Waals surface area contributed by atoms with Crippen molar-refractivity contribution in [2.45, 2.75) is 37.2 Å². The Morgan fingerprint density at radius 3 is 2.12 bits per heavy atom. The summed E-state index contributed by atoms with van der Waals surface area (Å²) in [6.07, 6.45) is -7.80. The molecule has 4 rings (SSSR count).